The summed E-state index contributed by atoms with van der Waals surface area (Å²) in [5, 5.41) is 8.01. The summed E-state index contributed by atoms with van der Waals surface area (Å²) in [4.78, 5) is 14.1. The zero-order valence-electron chi connectivity index (χ0n) is 11.1. The third-order valence-electron chi connectivity index (χ3n) is 3.18. The fraction of sp³-hybridized carbons (Fsp3) is 0.462. The Bertz CT molecular complexity index is 575. The molecule has 2 aromatic heterocycles. The van der Waals surface area contributed by atoms with Gasteiger partial charge in [0.2, 0.25) is 5.91 Å². The molecule has 0 unspecified atom stereocenters. The zero-order chi connectivity index (χ0) is 13.9. The van der Waals surface area contributed by atoms with Crippen LogP contribution in [0.3, 0.4) is 0 Å². The van der Waals surface area contributed by atoms with Crippen molar-refractivity contribution in [3.05, 3.63) is 18.4 Å². The number of rotatable bonds is 4. The van der Waals surface area contributed by atoms with Gasteiger partial charge in [-0.15, -0.1) is 10.2 Å². The van der Waals surface area contributed by atoms with Gasteiger partial charge in [0.15, 0.2) is 5.76 Å². The van der Waals surface area contributed by atoms with Crippen molar-refractivity contribution in [1.29, 1.82) is 0 Å². The Labute approximate surface area is 120 Å². The molecule has 106 valence electrons. The van der Waals surface area contributed by atoms with Crippen molar-refractivity contribution in [2.45, 2.75) is 30.2 Å². The van der Waals surface area contributed by atoms with Crippen LogP contribution in [0.4, 0.5) is 0 Å². The largest absolute Gasteiger partial charge is 0.459 e. The van der Waals surface area contributed by atoms with Crippen LogP contribution in [0.25, 0.3) is 11.7 Å². The SMILES string of the molecule is C[C@@H](Sc1nnc(-c2ccco2)o1)C(=O)N1CCCC1. The van der Waals surface area contributed by atoms with Gasteiger partial charge >= 0.3 is 0 Å². The fourth-order valence-corrected chi connectivity index (χ4v) is 2.92. The van der Waals surface area contributed by atoms with E-state index in [9.17, 15) is 4.79 Å². The second-order valence-electron chi connectivity index (χ2n) is 4.64. The van der Waals surface area contributed by atoms with E-state index >= 15 is 0 Å². The second-order valence-corrected chi connectivity index (χ2v) is 5.93. The summed E-state index contributed by atoms with van der Waals surface area (Å²) in [7, 11) is 0. The summed E-state index contributed by atoms with van der Waals surface area (Å²) in [5.74, 6) is 0.992. The summed E-state index contributed by atoms with van der Waals surface area (Å²) in [6, 6.07) is 3.51. The highest BCUT2D eigenvalue weighted by Crippen LogP contribution is 2.27. The predicted molar refractivity (Wildman–Crippen MR) is 73.1 cm³/mol. The monoisotopic (exact) mass is 293 g/mol. The Kier molecular flexibility index (Phi) is 3.77. The highest BCUT2D eigenvalue weighted by Gasteiger charge is 2.25. The Hall–Kier alpha value is -1.76. The zero-order valence-corrected chi connectivity index (χ0v) is 11.9. The van der Waals surface area contributed by atoms with E-state index in [-0.39, 0.29) is 11.2 Å². The molecule has 1 fully saturated rings. The van der Waals surface area contributed by atoms with Gasteiger partial charge in [-0.1, -0.05) is 11.8 Å². The molecule has 3 rings (SSSR count). The first kappa shape index (κ1) is 13.2. The molecule has 0 bridgehead atoms. The number of hydrogen-bond donors (Lipinski definition) is 0. The lowest BCUT2D eigenvalue weighted by Gasteiger charge is -2.18. The van der Waals surface area contributed by atoms with Gasteiger partial charge in [0.25, 0.3) is 11.1 Å². The Balaban J connectivity index is 1.64. The molecule has 0 aliphatic carbocycles. The highest BCUT2D eigenvalue weighted by atomic mass is 32.2. The van der Waals surface area contributed by atoms with Gasteiger partial charge in [0, 0.05) is 13.1 Å². The molecule has 1 atom stereocenters. The number of likely N-dealkylation sites (tertiary alicyclic amines) is 1. The summed E-state index contributed by atoms with van der Waals surface area (Å²) in [6.45, 7) is 3.57. The minimum atomic E-state index is -0.224. The van der Waals surface area contributed by atoms with Crippen LogP contribution in [-0.4, -0.2) is 39.3 Å². The maximum Gasteiger partial charge on any atom is 0.284 e. The average Bonchev–Trinajstić information content (AvgIpc) is 3.19. The van der Waals surface area contributed by atoms with Crippen LogP contribution >= 0.6 is 11.8 Å². The van der Waals surface area contributed by atoms with Crippen molar-refractivity contribution in [3.8, 4) is 11.7 Å². The van der Waals surface area contributed by atoms with E-state index in [0.717, 1.165) is 25.9 Å². The molecule has 1 amide bonds. The van der Waals surface area contributed by atoms with Gasteiger partial charge in [0.05, 0.1) is 11.5 Å². The molecule has 7 heteroatoms. The molecular formula is C13H15N3O3S. The van der Waals surface area contributed by atoms with Gasteiger partial charge < -0.3 is 13.7 Å². The number of aromatic nitrogens is 2. The first-order valence-electron chi connectivity index (χ1n) is 6.57. The third kappa shape index (κ3) is 2.72. The Morgan fingerprint density at radius 2 is 2.20 bits per heavy atom. The van der Waals surface area contributed by atoms with Crippen LogP contribution in [0.2, 0.25) is 0 Å². The van der Waals surface area contributed by atoms with E-state index in [4.69, 9.17) is 8.83 Å². The molecule has 1 aliphatic heterocycles. The van der Waals surface area contributed by atoms with Crippen LogP contribution in [0, 0.1) is 0 Å². The molecule has 0 aromatic carbocycles. The lowest BCUT2D eigenvalue weighted by atomic mass is 10.4. The van der Waals surface area contributed by atoms with Crippen molar-refractivity contribution in [2.24, 2.45) is 0 Å². The minimum Gasteiger partial charge on any atom is -0.459 e. The molecule has 0 N–H and O–H groups in total. The fourth-order valence-electron chi connectivity index (χ4n) is 2.15. The van der Waals surface area contributed by atoms with E-state index in [1.807, 2.05) is 11.8 Å². The van der Waals surface area contributed by atoms with Crippen LogP contribution < -0.4 is 0 Å². The van der Waals surface area contributed by atoms with E-state index in [2.05, 4.69) is 10.2 Å². The van der Waals surface area contributed by atoms with Crippen LogP contribution in [-0.2, 0) is 4.79 Å². The molecule has 1 saturated heterocycles. The summed E-state index contributed by atoms with van der Waals surface area (Å²) < 4.78 is 10.7. The van der Waals surface area contributed by atoms with Crippen molar-refractivity contribution in [2.75, 3.05) is 13.1 Å². The molecular weight excluding hydrogens is 278 g/mol. The molecule has 20 heavy (non-hydrogen) atoms. The average molecular weight is 293 g/mol. The maximum atomic E-state index is 12.2. The van der Waals surface area contributed by atoms with E-state index < -0.39 is 0 Å². The molecule has 0 radical (unpaired) electrons. The predicted octanol–water partition coefficient (Wildman–Crippen LogP) is 2.43. The summed E-state index contributed by atoms with van der Waals surface area (Å²) in [6.07, 6.45) is 3.73. The summed E-state index contributed by atoms with van der Waals surface area (Å²) >= 11 is 1.28. The number of thioether (sulfide) groups is 1. The molecule has 6 nitrogen and oxygen atoms in total. The van der Waals surface area contributed by atoms with E-state index in [1.165, 1.54) is 11.8 Å². The van der Waals surface area contributed by atoms with Crippen molar-refractivity contribution < 1.29 is 13.6 Å². The molecule has 3 heterocycles. The van der Waals surface area contributed by atoms with E-state index in [0.29, 0.717) is 16.9 Å². The first-order chi connectivity index (χ1) is 9.74. The van der Waals surface area contributed by atoms with E-state index in [1.54, 1.807) is 18.4 Å². The van der Waals surface area contributed by atoms with Crippen LogP contribution in [0.5, 0.6) is 0 Å². The molecule has 0 spiro atoms. The number of carbonyl (C=O) groups is 1. The number of hydrogen-bond acceptors (Lipinski definition) is 6. The normalized spacial score (nSPS) is 16.6. The number of amides is 1. The number of furan rings is 1. The Morgan fingerprint density at radius 1 is 1.40 bits per heavy atom. The van der Waals surface area contributed by atoms with Gasteiger partial charge in [-0.3, -0.25) is 4.79 Å². The molecule has 2 aromatic rings. The van der Waals surface area contributed by atoms with Gasteiger partial charge in [-0.2, -0.15) is 0 Å². The molecule has 1 aliphatic rings. The van der Waals surface area contributed by atoms with Gasteiger partial charge in [0.1, 0.15) is 0 Å². The third-order valence-corrected chi connectivity index (χ3v) is 4.10. The Morgan fingerprint density at radius 3 is 2.90 bits per heavy atom. The van der Waals surface area contributed by atoms with Crippen LogP contribution in [0.15, 0.2) is 32.5 Å². The van der Waals surface area contributed by atoms with Crippen molar-refractivity contribution >= 4 is 17.7 Å². The highest BCUT2D eigenvalue weighted by molar-refractivity contribution is 8.00. The van der Waals surface area contributed by atoms with Gasteiger partial charge in [-0.25, -0.2) is 0 Å². The van der Waals surface area contributed by atoms with Crippen molar-refractivity contribution in [1.82, 2.24) is 15.1 Å². The topological polar surface area (TPSA) is 72.4 Å². The number of nitrogens with zero attached hydrogens (tertiary/aromatic N) is 3. The maximum absolute atomic E-state index is 12.2. The van der Waals surface area contributed by atoms with Crippen LogP contribution in [0.1, 0.15) is 19.8 Å². The standard InChI is InChI=1S/C13H15N3O3S/c1-9(12(17)16-6-2-3-7-16)20-13-15-14-11(19-13)10-5-4-8-18-10/h4-5,8-9H,2-3,6-7H2,1H3/t9-/m1/s1. The van der Waals surface area contributed by atoms with Crippen molar-refractivity contribution in [3.63, 3.8) is 0 Å². The summed E-state index contributed by atoms with van der Waals surface area (Å²) in [5.41, 5.74) is 0. The smallest absolute Gasteiger partial charge is 0.284 e. The minimum absolute atomic E-state index is 0.130. The molecule has 0 saturated carbocycles. The quantitative estimate of drug-likeness (QED) is 0.806. The van der Waals surface area contributed by atoms with Gasteiger partial charge in [-0.05, 0) is 31.9 Å². The second kappa shape index (κ2) is 5.70. The number of carbonyl (C=O) groups excluding carboxylic acids is 1. The lowest BCUT2D eigenvalue weighted by molar-refractivity contribution is -0.129. The lowest BCUT2D eigenvalue weighted by Crippen LogP contribution is -2.34. The first-order valence-corrected chi connectivity index (χ1v) is 7.45.